The number of hydrogen-bond acceptors (Lipinski definition) is 6. The molecule has 0 aliphatic carbocycles. The van der Waals surface area contributed by atoms with E-state index in [9.17, 15) is 9.59 Å². The summed E-state index contributed by atoms with van der Waals surface area (Å²) in [5, 5.41) is 12.2. The highest BCUT2D eigenvalue weighted by Gasteiger charge is 2.15. The number of hydrogen-bond donors (Lipinski definition) is 1. The number of carbonyl (C=O) groups is 2. The second-order valence-electron chi connectivity index (χ2n) is 6.54. The molecule has 0 saturated heterocycles. The van der Waals surface area contributed by atoms with Crippen LogP contribution in [0.2, 0.25) is 0 Å². The Morgan fingerprint density at radius 3 is 2.57 bits per heavy atom. The van der Waals surface area contributed by atoms with Crippen molar-refractivity contribution in [1.29, 1.82) is 0 Å². The number of rotatable bonds is 6. The van der Waals surface area contributed by atoms with Gasteiger partial charge >= 0.3 is 0 Å². The highest BCUT2D eigenvalue weighted by molar-refractivity contribution is 7.18. The van der Waals surface area contributed by atoms with Gasteiger partial charge in [-0.25, -0.2) is 0 Å². The Bertz CT molecular complexity index is 1040. The van der Waals surface area contributed by atoms with E-state index in [2.05, 4.69) is 21.6 Å². The molecule has 1 heterocycles. The summed E-state index contributed by atoms with van der Waals surface area (Å²) in [5.41, 5.74) is 4.48. The highest BCUT2D eigenvalue weighted by atomic mass is 32.1. The third-order valence-corrected chi connectivity index (χ3v) is 5.19. The fourth-order valence-corrected chi connectivity index (χ4v) is 3.76. The fraction of sp³-hybridized carbons (Fsp3) is 0.238. The van der Waals surface area contributed by atoms with Gasteiger partial charge < -0.3 is 10.1 Å². The number of aryl methyl sites for hydroxylation is 2. The van der Waals surface area contributed by atoms with Crippen molar-refractivity contribution in [1.82, 2.24) is 10.2 Å². The van der Waals surface area contributed by atoms with Crippen LogP contribution in [0, 0.1) is 13.8 Å². The zero-order chi connectivity index (χ0) is 20.3. The number of Topliss-reactive ketones (excluding diaryl/α,β-unsaturated/α-hetero) is 1. The number of ether oxygens (including phenoxy) is 1. The molecule has 0 fully saturated rings. The molecule has 7 heteroatoms. The number of amides is 1. The van der Waals surface area contributed by atoms with E-state index in [1.54, 1.807) is 18.2 Å². The van der Waals surface area contributed by atoms with Crippen LogP contribution in [0.25, 0.3) is 10.6 Å². The van der Waals surface area contributed by atoms with Gasteiger partial charge in [0, 0.05) is 16.7 Å². The maximum absolute atomic E-state index is 12.5. The van der Waals surface area contributed by atoms with Crippen LogP contribution in [-0.4, -0.2) is 29.0 Å². The summed E-state index contributed by atoms with van der Waals surface area (Å²) in [6.07, 6.45) is 0.0722. The Kier molecular flexibility index (Phi) is 5.84. The molecule has 0 saturated carbocycles. The summed E-state index contributed by atoms with van der Waals surface area (Å²) in [7, 11) is 1.53. The standard InChI is InChI=1S/C21H21N3O3S/c1-12-5-7-17(13(2)9-12)20-23-24-21(28-20)22-19(26)11-16-10-15(14(3)25)6-8-18(16)27-4/h5-10H,11H2,1-4H3,(H,22,24,26). The molecule has 0 atom stereocenters. The third kappa shape index (κ3) is 4.43. The van der Waals surface area contributed by atoms with Gasteiger partial charge in [0.2, 0.25) is 11.0 Å². The van der Waals surface area contributed by atoms with E-state index < -0.39 is 0 Å². The summed E-state index contributed by atoms with van der Waals surface area (Å²) in [5.74, 6) is 0.252. The summed E-state index contributed by atoms with van der Waals surface area (Å²) in [6.45, 7) is 5.55. The average Bonchev–Trinajstić information content (AvgIpc) is 3.09. The van der Waals surface area contributed by atoms with Crippen LogP contribution >= 0.6 is 11.3 Å². The van der Waals surface area contributed by atoms with Crippen molar-refractivity contribution in [2.45, 2.75) is 27.2 Å². The first kappa shape index (κ1) is 19.7. The van der Waals surface area contributed by atoms with Gasteiger partial charge in [0.1, 0.15) is 10.8 Å². The van der Waals surface area contributed by atoms with Crippen LogP contribution < -0.4 is 10.1 Å². The van der Waals surface area contributed by atoms with Crippen molar-refractivity contribution >= 4 is 28.2 Å². The first-order valence-corrected chi connectivity index (χ1v) is 9.58. The van der Waals surface area contributed by atoms with E-state index in [0.717, 1.165) is 16.1 Å². The van der Waals surface area contributed by atoms with Crippen molar-refractivity contribution in [3.05, 3.63) is 58.7 Å². The van der Waals surface area contributed by atoms with Crippen LogP contribution in [0.3, 0.4) is 0 Å². The Balaban J connectivity index is 1.75. The zero-order valence-corrected chi connectivity index (χ0v) is 17.0. The van der Waals surface area contributed by atoms with Crippen LogP contribution in [0.1, 0.15) is 34.0 Å². The second kappa shape index (κ2) is 8.31. The maximum Gasteiger partial charge on any atom is 0.230 e. The van der Waals surface area contributed by atoms with E-state index in [0.29, 0.717) is 22.0 Å². The van der Waals surface area contributed by atoms with Crippen LogP contribution in [-0.2, 0) is 11.2 Å². The fourth-order valence-electron chi connectivity index (χ4n) is 2.91. The molecule has 1 N–H and O–H groups in total. The summed E-state index contributed by atoms with van der Waals surface area (Å²) in [6, 6.07) is 11.2. The monoisotopic (exact) mass is 395 g/mol. The lowest BCUT2D eigenvalue weighted by Gasteiger charge is -2.09. The molecule has 1 amide bonds. The van der Waals surface area contributed by atoms with Crippen molar-refractivity contribution in [3.8, 4) is 16.3 Å². The van der Waals surface area contributed by atoms with Crippen LogP contribution in [0.4, 0.5) is 5.13 Å². The molecule has 0 unspecified atom stereocenters. The lowest BCUT2D eigenvalue weighted by molar-refractivity contribution is -0.115. The van der Waals surface area contributed by atoms with Gasteiger partial charge in [-0.15, -0.1) is 10.2 Å². The Hall–Kier alpha value is -3.06. The lowest BCUT2D eigenvalue weighted by atomic mass is 10.0. The van der Waals surface area contributed by atoms with Crippen LogP contribution in [0.5, 0.6) is 5.75 Å². The van der Waals surface area contributed by atoms with Gasteiger partial charge in [0.25, 0.3) is 0 Å². The lowest BCUT2D eigenvalue weighted by Crippen LogP contribution is -2.15. The molecule has 0 radical (unpaired) electrons. The molecule has 6 nitrogen and oxygen atoms in total. The molecule has 144 valence electrons. The average molecular weight is 395 g/mol. The molecule has 0 aliphatic heterocycles. The van der Waals surface area contributed by atoms with E-state index in [-0.39, 0.29) is 18.1 Å². The van der Waals surface area contributed by atoms with Gasteiger partial charge in [-0.1, -0.05) is 35.1 Å². The number of carbonyl (C=O) groups excluding carboxylic acids is 2. The van der Waals surface area contributed by atoms with E-state index in [1.807, 2.05) is 26.0 Å². The predicted molar refractivity (Wildman–Crippen MR) is 110 cm³/mol. The number of nitrogens with zero attached hydrogens (tertiary/aromatic N) is 2. The number of benzene rings is 2. The van der Waals surface area contributed by atoms with Gasteiger partial charge in [0.15, 0.2) is 5.78 Å². The van der Waals surface area contributed by atoms with Crippen molar-refractivity contribution in [3.63, 3.8) is 0 Å². The highest BCUT2D eigenvalue weighted by Crippen LogP contribution is 2.29. The third-order valence-electron chi connectivity index (χ3n) is 4.32. The molecule has 2 aromatic carbocycles. The van der Waals surface area contributed by atoms with Gasteiger partial charge in [-0.2, -0.15) is 0 Å². The number of anilines is 1. The van der Waals surface area contributed by atoms with E-state index in [4.69, 9.17) is 4.74 Å². The first-order chi connectivity index (χ1) is 13.4. The predicted octanol–water partition coefficient (Wildman–Crippen LogP) is 4.21. The molecule has 0 spiro atoms. The van der Waals surface area contributed by atoms with Crippen molar-refractivity contribution in [2.75, 3.05) is 12.4 Å². The minimum atomic E-state index is -0.248. The Morgan fingerprint density at radius 1 is 1.11 bits per heavy atom. The molecule has 1 aromatic heterocycles. The quantitative estimate of drug-likeness (QED) is 0.632. The minimum absolute atomic E-state index is 0.0634. The topological polar surface area (TPSA) is 81.2 Å². The molecular formula is C21H21N3O3S. The molecule has 3 aromatic rings. The Labute approximate surface area is 167 Å². The molecule has 28 heavy (non-hydrogen) atoms. The van der Waals surface area contributed by atoms with Crippen LogP contribution in [0.15, 0.2) is 36.4 Å². The SMILES string of the molecule is COc1ccc(C(C)=O)cc1CC(=O)Nc1nnc(-c2ccc(C)cc2C)s1. The molecular weight excluding hydrogens is 374 g/mol. The zero-order valence-electron chi connectivity index (χ0n) is 16.2. The minimum Gasteiger partial charge on any atom is -0.496 e. The summed E-state index contributed by atoms with van der Waals surface area (Å²) >= 11 is 1.32. The molecule has 0 bridgehead atoms. The second-order valence-corrected chi connectivity index (χ2v) is 7.52. The van der Waals surface area contributed by atoms with Crippen molar-refractivity contribution < 1.29 is 14.3 Å². The van der Waals surface area contributed by atoms with E-state index >= 15 is 0 Å². The summed E-state index contributed by atoms with van der Waals surface area (Å²) in [4.78, 5) is 24.1. The van der Waals surface area contributed by atoms with Gasteiger partial charge in [-0.05, 0) is 44.5 Å². The molecule has 3 rings (SSSR count). The van der Waals surface area contributed by atoms with Gasteiger partial charge in [0.05, 0.1) is 13.5 Å². The van der Waals surface area contributed by atoms with Gasteiger partial charge in [-0.3, -0.25) is 9.59 Å². The maximum atomic E-state index is 12.5. The smallest absolute Gasteiger partial charge is 0.230 e. The molecule has 0 aliphatic rings. The normalized spacial score (nSPS) is 10.6. The Morgan fingerprint density at radius 2 is 1.89 bits per heavy atom. The number of ketones is 1. The number of aromatic nitrogens is 2. The van der Waals surface area contributed by atoms with E-state index in [1.165, 1.54) is 30.9 Å². The largest absolute Gasteiger partial charge is 0.496 e. The summed E-state index contributed by atoms with van der Waals surface area (Å²) < 4.78 is 5.30. The number of nitrogens with one attached hydrogen (secondary N) is 1. The van der Waals surface area contributed by atoms with Crippen molar-refractivity contribution in [2.24, 2.45) is 0 Å². The first-order valence-electron chi connectivity index (χ1n) is 8.76. The number of methoxy groups -OCH3 is 1.